The minimum atomic E-state index is -2.08. The number of carbonyl (C=O) groups excluding carboxylic acids is 2. The fraction of sp³-hybridized carbons (Fsp3) is 0.485. The van der Waals surface area contributed by atoms with Gasteiger partial charge in [0.25, 0.3) is 0 Å². The number of hydrogen-bond acceptors (Lipinski definition) is 14. The van der Waals surface area contributed by atoms with Crippen LogP contribution in [0.4, 0.5) is 4.79 Å². The first kappa shape index (κ1) is 50.6. The van der Waals surface area contributed by atoms with Gasteiger partial charge in [-0.3, -0.25) is 9.80 Å². The second-order valence-corrected chi connectivity index (χ2v) is 11.5. The van der Waals surface area contributed by atoms with Crippen molar-refractivity contribution >= 4 is 45.1 Å². The average molecular weight is 1050 g/mol. The molecule has 6 rings (SSSR count). The Bertz CT molecular complexity index is 1660. The van der Waals surface area contributed by atoms with Crippen LogP contribution in [0.2, 0.25) is 0 Å². The third kappa shape index (κ3) is 18.6. The summed E-state index contributed by atoms with van der Waals surface area (Å²) in [5.41, 5.74) is 2.19. The molecular weight excluding hydrogens is 1000 g/mol. The van der Waals surface area contributed by atoms with Crippen molar-refractivity contribution in [3.05, 3.63) is 60.2 Å². The van der Waals surface area contributed by atoms with Crippen molar-refractivity contribution in [2.75, 3.05) is 90.8 Å². The summed E-state index contributed by atoms with van der Waals surface area (Å²) in [4.78, 5) is 36.5. The summed E-state index contributed by atoms with van der Waals surface area (Å²) in [5.74, 6) is 0.0620. The molecule has 0 saturated carbocycles. The van der Waals surface area contributed by atoms with E-state index >= 15 is 0 Å². The van der Waals surface area contributed by atoms with Crippen LogP contribution in [0, 0.1) is 0 Å². The summed E-state index contributed by atoms with van der Waals surface area (Å²) < 4.78 is 29.2. The third-order valence-corrected chi connectivity index (χ3v) is 7.62. The van der Waals surface area contributed by atoms with E-state index in [9.17, 15) is 14.7 Å². The van der Waals surface area contributed by atoms with Crippen molar-refractivity contribution in [1.29, 1.82) is 0 Å². The van der Waals surface area contributed by atoms with Crippen molar-refractivity contribution in [2.45, 2.75) is 13.8 Å². The smallest absolute Gasteiger partial charge is 0.565 e. The molecule has 2 aliphatic rings. The maximum atomic E-state index is 11.8. The van der Waals surface area contributed by atoms with Crippen LogP contribution in [0.25, 0.3) is 11.0 Å². The van der Waals surface area contributed by atoms with E-state index in [1.807, 2.05) is 12.1 Å². The number of rotatable bonds is 10. The van der Waals surface area contributed by atoms with Crippen molar-refractivity contribution < 1.29 is 191 Å². The van der Waals surface area contributed by atoms with Gasteiger partial charge in [-0.1, -0.05) is 15.9 Å². The fourth-order valence-corrected chi connectivity index (χ4v) is 5.32. The van der Waals surface area contributed by atoms with E-state index in [0.717, 1.165) is 76.8 Å². The van der Waals surface area contributed by atoms with Crippen LogP contribution >= 0.6 is 15.9 Å². The molecule has 2 aliphatic heterocycles. The SMILES string of the molecule is BrCCN1CCOCC1.CCOC(=O)c1cnn2cc(O)ccc12.CCOC(=O)c1cnn2cc(OCCN3CCOCC3)ccc12.O=C([O-])O.[Cs+].[Cs+]. The molecule has 0 aliphatic carbocycles. The van der Waals surface area contributed by atoms with Gasteiger partial charge in [0.05, 0.1) is 75.5 Å². The van der Waals surface area contributed by atoms with Gasteiger partial charge in [0, 0.05) is 44.6 Å². The fourth-order valence-electron chi connectivity index (χ4n) is 4.82. The molecule has 0 spiro atoms. The molecule has 0 atom stereocenters. The summed E-state index contributed by atoms with van der Waals surface area (Å²) in [6.07, 6.45) is 4.06. The quantitative estimate of drug-likeness (QED) is 0.115. The Morgan fingerprint density at radius 2 is 1.25 bits per heavy atom. The number of pyridine rings is 2. The van der Waals surface area contributed by atoms with Crippen molar-refractivity contribution in [1.82, 2.24) is 29.0 Å². The number of nitrogens with zero attached hydrogens (tertiary/aromatic N) is 6. The maximum absolute atomic E-state index is 11.8. The first-order valence-corrected chi connectivity index (χ1v) is 17.5. The Hall–Kier alpha value is -0.386. The van der Waals surface area contributed by atoms with Gasteiger partial charge in [-0.15, -0.1) is 0 Å². The third-order valence-electron chi connectivity index (χ3n) is 7.26. The Kier molecular flexibility index (Phi) is 27.6. The number of aromatic nitrogens is 4. The monoisotopic (exact) mass is 1050 g/mol. The predicted molar refractivity (Wildman–Crippen MR) is 186 cm³/mol. The van der Waals surface area contributed by atoms with E-state index in [0.29, 0.717) is 42.0 Å². The minimum absolute atomic E-state index is 0. The van der Waals surface area contributed by atoms with Gasteiger partial charge in [-0.2, -0.15) is 10.2 Å². The Labute approximate surface area is 433 Å². The molecule has 0 bridgehead atoms. The van der Waals surface area contributed by atoms with E-state index < -0.39 is 12.1 Å². The van der Waals surface area contributed by atoms with Crippen LogP contribution in [0.1, 0.15) is 34.6 Å². The molecule has 280 valence electrons. The Balaban J connectivity index is 0.000000403. The van der Waals surface area contributed by atoms with Gasteiger partial charge < -0.3 is 43.8 Å². The number of fused-ring (bicyclic) bond motifs is 2. The topological polar surface area (TPSA) is 202 Å². The average Bonchev–Trinajstić information content (AvgIpc) is 3.74. The molecule has 0 aromatic carbocycles. The molecule has 2 N–H and O–H groups in total. The van der Waals surface area contributed by atoms with Crippen molar-refractivity contribution in [2.24, 2.45) is 0 Å². The number of ether oxygens (including phenoxy) is 5. The molecule has 4 aromatic rings. The standard InChI is InChI=1S/C16H21N3O4.C10H10N2O3.C6H12BrNO.CH2O3.2Cs/c1-2-22-16(20)14-11-17-19-12-13(3-4-15(14)19)23-10-7-18-5-8-21-9-6-18;1-2-15-10(14)8-5-11-12-6-7(13)3-4-9(8)12;7-1-2-8-3-5-9-6-4-8;2-1(3)4;;/h3-4,11-12H,2,5-10H2,1H3;3-6,13H,2H2,1H3;1-6H2;(H2,2,3,4);;/q;;;;2*+1/p-1. The number of hydrogen-bond donors (Lipinski definition) is 2. The zero-order valence-electron chi connectivity index (χ0n) is 30.6. The molecule has 2 fully saturated rings. The Morgan fingerprint density at radius 1 is 0.792 bits per heavy atom. The van der Waals surface area contributed by atoms with E-state index in [4.69, 9.17) is 38.7 Å². The second-order valence-electron chi connectivity index (χ2n) is 10.7. The van der Waals surface area contributed by atoms with E-state index in [2.05, 4.69) is 35.9 Å². The second kappa shape index (κ2) is 28.9. The normalized spacial score (nSPS) is 14.0. The number of carboxylic acid groups (broad SMARTS) is 2. The zero-order valence-corrected chi connectivity index (χ0v) is 44.8. The summed E-state index contributed by atoms with van der Waals surface area (Å²) in [5, 5.41) is 33.7. The van der Waals surface area contributed by atoms with Gasteiger partial charge >= 0.3 is 150 Å². The van der Waals surface area contributed by atoms with Crippen LogP contribution in [-0.2, 0) is 18.9 Å². The first-order chi connectivity index (χ1) is 24.7. The van der Waals surface area contributed by atoms with Crippen LogP contribution in [0.5, 0.6) is 11.5 Å². The number of aromatic hydroxyl groups is 1. The van der Waals surface area contributed by atoms with E-state index in [1.54, 1.807) is 30.6 Å². The van der Waals surface area contributed by atoms with Crippen LogP contribution in [0.3, 0.4) is 0 Å². The molecule has 0 radical (unpaired) electrons. The molecule has 2 saturated heterocycles. The van der Waals surface area contributed by atoms with Crippen LogP contribution in [-0.4, -0.2) is 148 Å². The predicted octanol–water partition coefficient (Wildman–Crippen LogP) is -3.95. The molecule has 20 heteroatoms. The van der Waals surface area contributed by atoms with Gasteiger partial charge in [0.2, 0.25) is 6.16 Å². The van der Waals surface area contributed by atoms with Crippen molar-refractivity contribution in [3.8, 4) is 11.5 Å². The number of alkyl halides is 1. The van der Waals surface area contributed by atoms with E-state index in [1.165, 1.54) is 29.2 Å². The van der Waals surface area contributed by atoms with Gasteiger partial charge in [0.15, 0.2) is 0 Å². The summed E-state index contributed by atoms with van der Waals surface area (Å²) >= 11 is 3.40. The Morgan fingerprint density at radius 3 is 1.72 bits per heavy atom. The molecule has 4 aromatic heterocycles. The maximum Gasteiger partial charge on any atom is 1.00 e. The molecule has 0 amide bonds. The summed E-state index contributed by atoms with van der Waals surface area (Å²) in [6, 6.07) is 6.79. The number of carbonyl (C=O) groups is 3. The number of morpholine rings is 2. The van der Waals surface area contributed by atoms with Crippen LogP contribution < -0.4 is 148 Å². The molecule has 0 unspecified atom stereocenters. The molecule has 6 heterocycles. The zero-order chi connectivity index (χ0) is 37.0. The van der Waals surface area contributed by atoms with E-state index in [-0.39, 0.29) is 150 Å². The summed E-state index contributed by atoms with van der Waals surface area (Å²) in [7, 11) is 0. The van der Waals surface area contributed by atoms with Crippen molar-refractivity contribution in [3.63, 3.8) is 0 Å². The van der Waals surface area contributed by atoms with Gasteiger partial charge in [-0.05, 0) is 38.1 Å². The summed E-state index contributed by atoms with van der Waals surface area (Å²) in [6.45, 7) is 14.3. The number of halogens is 1. The molecule has 53 heavy (non-hydrogen) atoms. The van der Waals surface area contributed by atoms with Crippen LogP contribution in [0.15, 0.2) is 49.1 Å². The van der Waals surface area contributed by atoms with Gasteiger partial charge in [-0.25, -0.2) is 18.6 Å². The van der Waals surface area contributed by atoms with Gasteiger partial charge in [0.1, 0.15) is 29.2 Å². The molecular formula is C33H44BrCs2N6O11+. The first-order valence-electron chi connectivity index (χ1n) is 16.3. The molecule has 17 nitrogen and oxygen atoms in total. The minimum Gasteiger partial charge on any atom is -0.565 e. The largest absolute Gasteiger partial charge is 1.00 e. The number of esters is 2.